The Balaban J connectivity index is 1.35. The highest BCUT2D eigenvalue weighted by Crippen LogP contribution is 2.53. The SMILES string of the molecule is O=C(/C=C/c1cccc(N2C(=O)[C@@H]3[C@@H](C2=O)[C@H]2C=C[C@@H]3C2)c1)Nc1nccs1. The highest BCUT2D eigenvalue weighted by molar-refractivity contribution is 7.13. The maximum atomic E-state index is 12.9. The van der Waals surface area contributed by atoms with Gasteiger partial charge in [0.2, 0.25) is 17.7 Å². The molecule has 4 atom stereocenters. The summed E-state index contributed by atoms with van der Waals surface area (Å²) in [5, 5.41) is 4.99. The molecule has 1 aromatic carbocycles. The molecule has 28 heavy (non-hydrogen) atoms. The number of hydrogen-bond acceptors (Lipinski definition) is 5. The molecule has 1 N–H and O–H groups in total. The maximum absolute atomic E-state index is 12.9. The molecule has 1 saturated heterocycles. The van der Waals surface area contributed by atoms with Crippen LogP contribution in [0.2, 0.25) is 0 Å². The number of nitrogens with one attached hydrogen (secondary N) is 1. The predicted octanol–water partition coefficient (Wildman–Crippen LogP) is 3.11. The van der Waals surface area contributed by atoms with Gasteiger partial charge in [-0.2, -0.15) is 0 Å². The molecule has 1 saturated carbocycles. The Morgan fingerprint density at radius 1 is 1.18 bits per heavy atom. The molecule has 3 amide bonds. The molecule has 0 unspecified atom stereocenters. The average Bonchev–Trinajstić information content (AvgIpc) is 3.46. The van der Waals surface area contributed by atoms with Crippen LogP contribution in [0.15, 0.2) is 54.1 Å². The fourth-order valence-corrected chi connectivity index (χ4v) is 5.06. The van der Waals surface area contributed by atoms with E-state index in [1.54, 1.807) is 35.9 Å². The van der Waals surface area contributed by atoms with Crippen LogP contribution in [0.4, 0.5) is 10.8 Å². The van der Waals surface area contributed by atoms with E-state index >= 15 is 0 Å². The molecule has 0 radical (unpaired) electrons. The second-order valence-electron chi connectivity index (χ2n) is 7.27. The third kappa shape index (κ3) is 2.70. The highest BCUT2D eigenvalue weighted by atomic mass is 32.1. The third-order valence-corrected chi connectivity index (χ3v) is 6.38. The summed E-state index contributed by atoms with van der Waals surface area (Å²) in [6.45, 7) is 0. The first-order valence-corrected chi connectivity index (χ1v) is 10.0. The van der Waals surface area contributed by atoms with E-state index in [-0.39, 0.29) is 41.4 Å². The van der Waals surface area contributed by atoms with Crippen LogP contribution in [-0.2, 0) is 14.4 Å². The van der Waals surface area contributed by atoms with E-state index in [4.69, 9.17) is 0 Å². The zero-order valence-corrected chi connectivity index (χ0v) is 15.6. The van der Waals surface area contributed by atoms with Crippen LogP contribution >= 0.6 is 11.3 Å². The zero-order valence-electron chi connectivity index (χ0n) is 14.8. The van der Waals surface area contributed by atoms with Gasteiger partial charge in [-0.25, -0.2) is 9.88 Å². The van der Waals surface area contributed by atoms with Crippen molar-refractivity contribution in [3.63, 3.8) is 0 Å². The number of fused-ring (bicyclic) bond motifs is 5. The number of anilines is 2. The molecule has 2 bridgehead atoms. The number of carbonyl (C=O) groups excluding carboxylic acids is 3. The largest absolute Gasteiger partial charge is 0.298 e. The number of allylic oxidation sites excluding steroid dienone is 2. The number of aromatic nitrogens is 1. The molecule has 2 heterocycles. The standard InChI is InChI=1S/C21H17N3O3S/c25-16(23-21-22-8-9-28-21)7-4-12-2-1-3-15(10-12)24-19(26)17-13-5-6-14(11-13)18(17)20(24)27/h1-10,13-14,17-18H,11H2,(H,22,23,25)/b7-4+/t13-,14+,17-,18-/m0/s1. The first kappa shape index (κ1) is 17.1. The van der Waals surface area contributed by atoms with Gasteiger partial charge in [-0.1, -0.05) is 24.3 Å². The normalized spacial score (nSPS) is 27.8. The van der Waals surface area contributed by atoms with E-state index in [1.807, 2.05) is 6.07 Å². The van der Waals surface area contributed by atoms with Crippen LogP contribution in [0.25, 0.3) is 6.08 Å². The lowest BCUT2D eigenvalue weighted by Gasteiger charge is -2.17. The van der Waals surface area contributed by atoms with Crippen molar-refractivity contribution < 1.29 is 14.4 Å². The monoisotopic (exact) mass is 391 g/mol. The quantitative estimate of drug-likeness (QED) is 0.493. The lowest BCUT2D eigenvalue weighted by Crippen LogP contribution is -2.32. The van der Waals surface area contributed by atoms with E-state index in [1.165, 1.54) is 22.3 Å². The number of carbonyl (C=O) groups is 3. The minimum Gasteiger partial charge on any atom is -0.298 e. The molecule has 3 aliphatic rings. The molecule has 7 heteroatoms. The van der Waals surface area contributed by atoms with Gasteiger partial charge in [-0.15, -0.1) is 11.3 Å². The summed E-state index contributed by atoms with van der Waals surface area (Å²) in [6.07, 6.45) is 9.77. The third-order valence-electron chi connectivity index (χ3n) is 5.69. The summed E-state index contributed by atoms with van der Waals surface area (Å²) in [5.41, 5.74) is 1.30. The van der Waals surface area contributed by atoms with Crippen LogP contribution < -0.4 is 10.2 Å². The summed E-state index contributed by atoms with van der Waals surface area (Å²) in [7, 11) is 0. The number of imide groups is 1. The topological polar surface area (TPSA) is 79.4 Å². The Morgan fingerprint density at radius 3 is 2.61 bits per heavy atom. The van der Waals surface area contributed by atoms with Crippen LogP contribution in [0.1, 0.15) is 12.0 Å². The van der Waals surface area contributed by atoms with E-state index in [0.717, 1.165) is 12.0 Å². The van der Waals surface area contributed by atoms with Crippen molar-refractivity contribution >= 4 is 46.0 Å². The molecular formula is C21H17N3O3S. The average molecular weight is 391 g/mol. The summed E-state index contributed by atoms with van der Waals surface area (Å²) in [5.74, 6) is -0.547. The van der Waals surface area contributed by atoms with Crippen molar-refractivity contribution in [2.45, 2.75) is 6.42 Å². The van der Waals surface area contributed by atoms with Crippen molar-refractivity contribution in [3.05, 3.63) is 59.6 Å². The lowest BCUT2D eigenvalue weighted by molar-refractivity contribution is -0.123. The van der Waals surface area contributed by atoms with E-state index in [2.05, 4.69) is 22.5 Å². The molecule has 2 aromatic rings. The first-order valence-electron chi connectivity index (χ1n) is 9.16. The molecular weight excluding hydrogens is 374 g/mol. The molecule has 0 spiro atoms. The fourth-order valence-electron chi connectivity index (χ4n) is 4.53. The Kier molecular flexibility index (Phi) is 3.98. The highest BCUT2D eigenvalue weighted by Gasteiger charge is 2.59. The Labute approximate surface area is 165 Å². The van der Waals surface area contributed by atoms with Crippen molar-refractivity contribution in [3.8, 4) is 0 Å². The summed E-state index contributed by atoms with van der Waals surface area (Å²) in [6, 6.07) is 7.14. The van der Waals surface area contributed by atoms with Gasteiger partial charge in [0, 0.05) is 17.7 Å². The predicted molar refractivity (Wildman–Crippen MR) is 106 cm³/mol. The van der Waals surface area contributed by atoms with Gasteiger partial charge >= 0.3 is 0 Å². The Bertz CT molecular complexity index is 997. The molecule has 1 aliphatic heterocycles. The maximum Gasteiger partial charge on any atom is 0.250 e. The van der Waals surface area contributed by atoms with E-state index < -0.39 is 0 Å². The van der Waals surface area contributed by atoms with Gasteiger partial charge in [-0.3, -0.25) is 19.7 Å². The van der Waals surface area contributed by atoms with Gasteiger partial charge < -0.3 is 0 Å². The second-order valence-corrected chi connectivity index (χ2v) is 8.16. The van der Waals surface area contributed by atoms with Crippen LogP contribution in [0.5, 0.6) is 0 Å². The van der Waals surface area contributed by atoms with Crippen LogP contribution in [0, 0.1) is 23.7 Å². The van der Waals surface area contributed by atoms with Gasteiger partial charge in [0.25, 0.3) is 0 Å². The second kappa shape index (κ2) is 6.53. The molecule has 140 valence electrons. The van der Waals surface area contributed by atoms with Crippen molar-refractivity contribution in [2.24, 2.45) is 23.7 Å². The molecule has 6 nitrogen and oxygen atoms in total. The lowest BCUT2D eigenvalue weighted by atomic mass is 9.85. The molecule has 2 aliphatic carbocycles. The summed E-state index contributed by atoms with van der Waals surface area (Å²) < 4.78 is 0. The number of nitrogens with zero attached hydrogens (tertiary/aromatic N) is 2. The van der Waals surface area contributed by atoms with Gasteiger partial charge in [0.1, 0.15) is 0 Å². The number of thiazole rings is 1. The fraction of sp³-hybridized carbons (Fsp3) is 0.238. The first-order chi connectivity index (χ1) is 13.6. The number of benzene rings is 1. The smallest absolute Gasteiger partial charge is 0.250 e. The zero-order chi connectivity index (χ0) is 19.3. The summed E-state index contributed by atoms with van der Waals surface area (Å²) in [4.78, 5) is 43.2. The number of hydrogen-bond donors (Lipinski definition) is 1. The molecule has 2 fully saturated rings. The van der Waals surface area contributed by atoms with E-state index in [9.17, 15) is 14.4 Å². The van der Waals surface area contributed by atoms with Crippen LogP contribution in [0.3, 0.4) is 0 Å². The minimum absolute atomic E-state index is 0.102. The number of rotatable bonds is 4. The molecule has 5 rings (SSSR count). The number of amides is 3. The van der Waals surface area contributed by atoms with Crippen molar-refractivity contribution in [2.75, 3.05) is 10.2 Å². The van der Waals surface area contributed by atoms with Gasteiger partial charge in [-0.05, 0) is 42.0 Å². The van der Waals surface area contributed by atoms with Crippen LogP contribution in [-0.4, -0.2) is 22.7 Å². The van der Waals surface area contributed by atoms with Gasteiger partial charge in [0.05, 0.1) is 17.5 Å². The van der Waals surface area contributed by atoms with Crippen molar-refractivity contribution in [1.29, 1.82) is 0 Å². The van der Waals surface area contributed by atoms with Crippen molar-refractivity contribution in [1.82, 2.24) is 4.98 Å². The van der Waals surface area contributed by atoms with Gasteiger partial charge in [0.15, 0.2) is 5.13 Å². The minimum atomic E-state index is -0.286. The van der Waals surface area contributed by atoms with E-state index in [0.29, 0.717) is 10.8 Å². The Hall–Kier alpha value is -3.06. The molecule has 1 aromatic heterocycles. The summed E-state index contributed by atoms with van der Waals surface area (Å²) >= 11 is 1.34. The Morgan fingerprint density at radius 2 is 1.93 bits per heavy atom.